The van der Waals surface area contributed by atoms with Gasteiger partial charge in [0, 0.05) is 0 Å². The fourth-order valence-electron chi connectivity index (χ4n) is 1.32. The van der Waals surface area contributed by atoms with E-state index in [4.69, 9.17) is 0 Å². The third-order valence-corrected chi connectivity index (χ3v) is 2.95. The van der Waals surface area contributed by atoms with Crippen molar-refractivity contribution in [1.29, 1.82) is 0 Å². The Morgan fingerprint density at radius 3 is 2.12 bits per heavy atom. The summed E-state index contributed by atoms with van der Waals surface area (Å²) in [6.45, 7) is 0. The molecule has 2 aliphatic carbocycles. The Kier molecular flexibility index (Phi) is 0.866. The van der Waals surface area contributed by atoms with E-state index in [2.05, 4.69) is 46.9 Å². The van der Waals surface area contributed by atoms with Crippen LogP contribution < -0.4 is 0 Å². The second kappa shape index (κ2) is 1.38. The van der Waals surface area contributed by atoms with Gasteiger partial charge in [-0.15, -0.1) is 0 Å². The Hall–Kier alpha value is 0.210. The molecule has 0 fully saturated rings. The molecule has 0 radical (unpaired) electrons. The van der Waals surface area contributed by atoms with Gasteiger partial charge in [0.1, 0.15) is 0 Å². The summed E-state index contributed by atoms with van der Waals surface area (Å²) in [6, 6.07) is 0. The molecule has 0 saturated heterocycles. The van der Waals surface area contributed by atoms with Crippen LogP contribution in [0.1, 0.15) is 6.42 Å². The topological polar surface area (TPSA) is 0 Å². The Morgan fingerprint density at radius 2 is 2.00 bits per heavy atom. The number of alkyl halides is 1. The van der Waals surface area contributed by atoms with Crippen LogP contribution in [0, 0.1) is 5.92 Å². The molecule has 0 spiro atoms. The molecule has 42 valence electrons. The number of hydrogen-bond donors (Lipinski definition) is 0. The van der Waals surface area contributed by atoms with Gasteiger partial charge >= 0.3 is 0 Å². The average Bonchev–Trinajstić information content (AvgIpc) is 2.21. The maximum absolute atomic E-state index is 2.50. The van der Waals surface area contributed by atoms with Crippen molar-refractivity contribution in [3.63, 3.8) is 0 Å². The molecule has 0 N–H and O–H groups in total. The Bertz CT molecular complexity index is 153. The highest BCUT2D eigenvalue weighted by Gasteiger charge is 2.32. The molecule has 0 saturated carbocycles. The van der Waals surface area contributed by atoms with Crippen molar-refractivity contribution in [3.05, 3.63) is 24.3 Å². The normalized spacial score (nSPS) is 48.9. The molecule has 0 aromatic carbocycles. The first-order chi connectivity index (χ1) is 3.79. The van der Waals surface area contributed by atoms with Crippen molar-refractivity contribution in [2.75, 3.05) is 0 Å². The molecular formula is C7H7I. The zero-order valence-electron chi connectivity index (χ0n) is 4.47. The van der Waals surface area contributed by atoms with E-state index in [1.807, 2.05) is 0 Å². The fraction of sp³-hybridized carbons (Fsp3) is 0.429. The standard InChI is InChI=1S/C7H7I/c8-7-3-1-6(5-7)2-4-7/h1-4,6H,5H2. The van der Waals surface area contributed by atoms with E-state index >= 15 is 0 Å². The summed E-state index contributed by atoms with van der Waals surface area (Å²) in [5, 5.41) is 0. The Morgan fingerprint density at radius 1 is 1.38 bits per heavy atom. The highest BCUT2D eigenvalue weighted by molar-refractivity contribution is 14.1. The summed E-state index contributed by atoms with van der Waals surface area (Å²) < 4.78 is 0.419. The second-order valence-electron chi connectivity index (χ2n) is 2.51. The van der Waals surface area contributed by atoms with E-state index < -0.39 is 0 Å². The SMILES string of the molecule is IC12C=CC(C=C1)C2. The van der Waals surface area contributed by atoms with Crippen LogP contribution in [-0.4, -0.2) is 3.42 Å². The molecule has 2 bridgehead atoms. The molecular weight excluding hydrogens is 211 g/mol. The monoisotopic (exact) mass is 218 g/mol. The Labute approximate surface area is 62.8 Å². The van der Waals surface area contributed by atoms with Crippen molar-refractivity contribution in [2.45, 2.75) is 9.84 Å². The fourth-order valence-corrected chi connectivity index (χ4v) is 2.24. The quantitative estimate of drug-likeness (QED) is 0.332. The third-order valence-electron chi connectivity index (χ3n) is 1.79. The highest BCUT2D eigenvalue weighted by Crippen LogP contribution is 2.42. The van der Waals surface area contributed by atoms with Crippen LogP contribution in [0.15, 0.2) is 24.3 Å². The molecule has 8 heavy (non-hydrogen) atoms. The van der Waals surface area contributed by atoms with Crippen LogP contribution in [0.4, 0.5) is 0 Å². The molecule has 0 aromatic rings. The Balaban J connectivity index is 2.43. The van der Waals surface area contributed by atoms with Gasteiger partial charge in [-0.2, -0.15) is 0 Å². The van der Waals surface area contributed by atoms with Gasteiger partial charge in [0.25, 0.3) is 0 Å². The minimum atomic E-state index is 0.419. The molecule has 0 atom stereocenters. The first-order valence-corrected chi connectivity index (χ1v) is 3.94. The van der Waals surface area contributed by atoms with Crippen LogP contribution in [0.5, 0.6) is 0 Å². The van der Waals surface area contributed by atoms with Crippen LogP contribution in [0.25, 0.3) is 0 Å². The van der Waals surface area contributed by atoms with E-state index in [-0.39, 0.29) is 0 Å². The van der Waals surface area contributed by atoms with Gasteiger partial charge in [-0.25, -0.2) is 0 Å². The molecule has 1 heteroatoms. The molecule has 0 amide bonds. The lowest BCUT2D eigenvalue weighted by Crippen LogP contribution is -2.04. The average molecular weight is 218 g/mol. The van der Waals surface area contributed by atoms with Gasteiger partial charge in [-0.05, 0) is 12.3 Å². The smallest absolute Gasteiger partial charge is 0.0589 e. The van der Waals surface area contributed by atoms with Crippen LogP contribution in [-0.2, 0) is 0 Å². The van der Waals surface area contributed by atoms with Gasteiger partial charge in [0.2, 0.25) is 0 Å². The predicted molar refractivity (Wildman–Crippen MR) is 43.1 cm³/mol. The third kappa shape index (κ3) is 0.569. The molecule has 0 unspecified atom stereocenters. The maximum atomic E-state index is 2.50. The first kappa shape index (κ1) is 5.03. The molecule has 2 rings (SSSR count). The van der Waals surface area contributed by atoms with Crippen molar-refractivity contribution >= 4 is 22.6 Å². The summed E-state index contributed by atoms with van der Waals surface area (Å²) in [7, 11) is 0. The van der Waals surface area contributed by atoms with E-state index in [0.29, 0.717) is 3.42 Å². The zero-order chi connectivity index (χ0) is 5.61. The first-order valence-electron chi connectivity index (χ1n) is 2.86. The number of fused-ring (bicyclic) bond motifs is 2. The van der Waals surface area contributed by atoms with E-state index in [1.165, 1.54) is 6.42 Å². The molecule has 0 aliphatic heterocycles. The lowest BCUT2D eigenvalue weighted by molar-refractivity contribution is 0.784. The van der Waals surface area contributed by atoms with Crippen molar-refractivity contribution in [2.24, 2.45) is 5.92 Å². The van der Waals surface area contributed by atoms with E-state index in [9.17, 15) is 0 Å². The molecule has 0 heterocycles. The van der Waals surface area contributed by atoms with Gasteiger partial charge < -0.3 is 0 Å². The summed E-state index contributed by atoms with van der Waals surface area (Å²) in [6.07, 6.45) is 10.5. The minimum absolute atomic E-state index is 0.419. The van der Waals surface area contributed by atoms with Gasteiger partial charge in [0.15, 0.2) is 0 Å². The number of allylic oxidation sites excluding steroid dienone is 4. The zero-order valence-corrected chi connectivity index (χ0v) is 6.63. The summed E-state index contributed by atoms with van der Waals surface area (Å²) in [5.41, 5.74) is 0. The number of hydrogen-bond acceptors (Lipinski definition) is 0. The second-order valence-corrected chi connectivity index (χ2v) is 4.52. The predicted octanol–water partition coefficient (Wildman–Crippen LogP) is 2.31. The van der Waals surface area contributed by atoms with Crippen molar-refractivity contribution in [3.8, 4) is 0 Å². The molecule has 0 aromatic heterocycles. The minimum Gasteiger partial charge on any atom is -0.0799 e. The van der Waals surface area contributed by atoms with Gasteiger partial charge in [-0.1, -0.05) is 46.9 Å². The van der Waals surface area contributed by atoms with E-state index in [0.717, 1.165) is 5.92 Å². The number of halogens is 1. The van der Waals surface area contributed by atoms with Crippen molar-refractivity contribution < 1.29 is 0 Å². The maximum Gasteiger partial charge on any atom is 0.0589 e. The summed E-state index contributed by atoms with van der Waals surface area (Å²) >= 11 is 2.50. The van der Waals surface area contributed by atoms with Crippen LogP contribution >= 0.6 is 22.6 Å². The lowest BCUT2D eigenvalue weighted by atomic mass is 10.2. The van der Waals surface area contributed by atoms with Crippen LogP contribution in [0.3, 0.4) is 0 Å². The molecule has 0 nitrogen and oxygen atoms in total. The van der Waals surface area contributed by atoms with Gasteiger partial charge in [-0.3, -0.25) is 0 Å². The molecule has 2 aliphatic rings. The summed E-state index contributed by atoms with van der Waals surface area (Å²) in [5.74, 6) is 0.770. The lowest BCUT2D eigenvalue weighted by Gasteiger charge is -2.08. The van der Waals surface area contributed by atoms with E-state index in [1.54, 1.807) is 0 Å². The van der Waals surface area contributed by atoms with Gasteiger partial charge in [0.05, 0.1) is 3.42 Å². The van der Waals surface area contributed by atoms with Crippen LogP contribution in [0.2, 0.25) is 0 Å². The largest absolute Gasteiger partial charge is 0.0799 e. The number of rotatable bonds is 0. The highest BCUT2D eigenvalue weighted by atomic mass is 127. The van der Waals surface area contributed by atoms with Crippen molar-refractivity contribution in [1.82, 2.24) is 0 Å². The summed E-state index contributed by atoms with van der Waals surface area (Å²) in [4.78, 5) is 0.